The monoisotopic (exact) mass is 266 g/mol. The van der Waals surface area contributed by atoms with Crippen LogP contribution >= 0.6 is 0 Å². The van der Waals surface area contributed by atoms with Gasteiger partial charge >= 0.3 is 0 Å². The third-order valence-electron chi connectivity index (χ3n) is 2.77. The molecule has 1 aromatic carbocycles. The molecule has 5 heteroatoms. The highest BCUT2D eigenvalue weighted by Crippen LogP contribution is 2.16. The second-order valence-corrected chi connectivity index (χ2v) is 4.41. The lowest BCUT2D eigenvalue weighted by atomic mass is 10.0. The van der Waals surface area contributed by atoms with Gasteiger partial charge in [0.15, 0.2) is 6.29 Å². The number of hydrogen-bond acceptors (Lipinski definition) is 4. The van der Waals surface area contributed by atoms with E-state index in [1.807, 2.05) is 6.92 Å². The molecule has 0 saturated carbocycles. The predicted octanol–water partition coefficient (Wildman–Crippen LogP) is 0.830. The molecule has 0 heterocycles. The zero-order valence-electron chi connectivity index (χ0n) is 11.0. The Morgan fingerprint density at radius 2 is 2.00 bits per heavy atom. The van der Waals surface area contributed by atoms with Crippen LogP contribution in [0.2, 0.25) is 0 Å². The Balaban J connectivity index is 2.46. The molecular weight excluding hydrogens is 246 g/mol. The van der Waals surface area contributed by atoms with Gasteiger partial charge in [0.1, 0.15) is 5.75 Å². The Morgan fingerprint density at radius 3 is 2.47 bits per heavy atom. The fourth-order valence-electron chi connectivity index (χ4n) is 1.67. The molecule has 0 bridgehead atoms. The molecule has 105 valence electrons. The molecule has 1 atom stereocenters. The summed E-state index contributed by atoms with van der Waals surface area (Å²) in [6, 6.07) is 6.93. The van der Waals surface area contributed by atoms with Gasteiger partial charge in [0.05, 0.1) is 6.61 Å². The Labute approximate surface area is 113 Å². The summed E-state index contributed by atoms with van der Waals surface area (Å²) in [5.41, 5.74) is 5.86. The lowest BCUT2D eigenvalue weighted by Crippen LogP contribution is -2.20. The molecule has 19 heavy (non-hydrogen) atoms. The van der Waals surface area contributed by atoms with Crippen molar-refractivity contribution in [1.82, 2.24) is 0 Å². The minimum atomic E-state index is -1.47. The first-order valence-electron chi connectivity index (χ1n) is 6.23. The highest BCUT2D eigenvalue weighted by molar-refractivity contribution is 5.73. The van der Waals surface area contributed by atoms with Crippen molar-refractivity contribution in [3.63, 3.8) is 0 Å². The van der Waals surface area contributed by atoms with Crippen molar-refractivity contribution in [2.24, 2.45) is 11.7 Å². The second-order valence-electron chi connectivity index (χ2n) is 4.41. The molecule has 1 rings (SSSR count). The van der Waals surface area contributed by atoms with Crippen LogP contribution in [0.5, 0.6) is 5.75 Å². The lowest BCUT2D eigenvalue weighted by molar-refractivity contribution is -0.119. The van der Waals surface area contributed by atoms with Crippen LogP contribution in [0.15, 0.2) is 24.3 Å². The van der Waals surface area contributed by atoms with Gasteiger partial charge in [-0.3, -0.25) is 4.79 Å². The van der Waals surface area contributed by atoms with Crippen LogP contribution in [-0.4, -0.2) is 29.0 Å². The maximum absolute atomic E-state index is 10.8. The molecule has 1 amide bonds. The number of nitrogens with two attached hydrogens (primary N) is 1. The Bertz CT molecular complexity index is 389. The van der Waals surface area contributed by atoms with Gasteiger partial charge in [-0.2, -0.15) is 0 Å². The molecule has 0 spiro atoms. The molecule has 1 radical (unpaired) electrons. The van der Waals surface area contributed by atoms with Crippen LogP contribution in [0.4, 0.5) is 0 Å². The molecule has 0 aliphatic heterocycles. The molecule has 1 aromatic rings. The van der Waals surface area contributed by atoms with E-state index in [1.165, 1.54) is 6.42 Å². The average molecular weight is 266 g/mol. The fraction of sp³-hybridized carbons (Fsp3) is 0.429. The molecule has 5 nitrogen and oxygen atoms in total. The van der Waals surface area contributed by atoms with E-state index >= 15 is 0 Å². The van der Waals surface area contributed by atoms with Gasteiger partial charge in [-0.1, -0.05) is 19.1 Å². The number of amides is 1. The van der Waals surface area contributed by atoms with Gasteiger partial charge in [0.2, 0.25) is 5.91 Å². The third-order valence-corrected chi connectivity index (χ3v) is 2.77. The number of rotatable bonds is 8. The summed E-state index contributed by atoms with van der Waals surface area (Å²) in [4.78, 5) is 10.8. The molecule has 4 N–H and O–H groups in total. The topological polar surface area (TPSA) is 92.8 Å². The maximum Gasteiger partial charge on any atom is 0.217 e. The number of aliphatic hydroxyl groups excluding tert-OH is 1. The van der Waals surface area contributed by atoms with Crippen molar-refractivity contribution < 1.29 is 19.7 Å². The fourth-order valence-corrected chi connectivity index (χ4v) is 1.67. The summed E-state index contributed by atoms with van der Waals surface area (Å²) in [6.45, 7) is 2.42. The van der Waals surface area contributed by atoms with Gasteiger partial charge in [-0.05, 0) is 24.1 Å². The minimum Gasteiger partial charge on any atom is -0.493 e. The molecule has 0 saturated heterocycles. The highest BCUT2D eigenvalue weighted by atomic mass is 16.5. The third kappa shape index (κ3) is 6.22. The molecular formula is C14H20NO4. The zero-order chi connectivity index (χ0) is 14.3. The number of hydrogen-bond donors (Lipinski definition) is 3. The first-order valence-corrected chi connectivity index (χ1v) is 6.23. The van der Waals surface area contributed by atoms with Crippen LogP contribution in [-0.2, 0) is 4.79 Å². The van der Waals surface area contributed by atoms with Gasteiger partial charge in [-0.25, -0.2) is 0 Å². The largest absolute Gasteiger partial charge is 0.493 e. The first-order chi connectivity index (χ1) is 9.01. The van der Waals surface area contributed by atoms with Crippen molar-refractivity contribution in [3.8, 4) is 5.75 Å². The van der Waals surface area contributed by atoms with Gasteiger partial charge in [0, 0.05) is 18.8 Å². The minimum absolute atomic E-state index is 0.114. The standard InChI is InChI=1S/C14H20NO4/c1-2-10(7-13(15)16)9-19-12-5-3-11(4-6-12)8-14(17)18/h3-6,8,10,14,17-18H,2,7,9H2,1H3,(H2,15,16)/t10-/m1/s1. The first kappa shape index (κ1) is 15.5. The highest BCUT2D eigenvalue weighted by Gasteiger charge is 2.10. The summed E-state index contributed by atoms with van der Waals surface area (Å²) < 4.78 is 5.57. The van der Waals surface area contributed by atoms with Crippen molar-refractivity contribution in [2.75, 3.05) is 6.61 Å². The van der Waals surface area contributed by atoms with Gasteiger partial charge < -0.3 is 20.7 Å². The number of primary amides is 1. The molecule has 0 fully saturated rings. The van der Waals surface area contributed by atoms with Crippen LogP contribution in [0.25, 0.3) is 0 Å². The van der Waals surface area contributed by atoms with E-state index in [0.717, 1.165) is 6.42 Å². The van der Waals surface area contributed by atoms with Crippen LogP contribution in [0.1, 0.15) is 25.3 Å². The van der Waals surface area contributed by atoms with Crippen LogP contribution in [0.3, 0.4) is 0 Å². The van der Waals surface area contributed by atoms with Gasteiger partial charge in [-0.15, -0.1) is 0 Å². The van der Waals surface area contributed by atoms with Crippen LogP contribution < -0.4 is 10.5 Å². The maximum atomic E-state index is 10.8. The van der Waals surface area contributed by atoms with E-state index in [9.17, 15) is 4.79 Å². The van der Waals surface area contributed by atoms with E-state index in [4.69, 9.17) is 20.7 Å². The van der Waals surface area contributed by atoms with Crippen molar-refractivity contribution >= 4 is 5.91 Å². The quantitative estimate of drug-likeness (QED) is 0.608. The van der Waals surface area contributed by atoms with Crippen molar-refractivity contribution in [3.05, 3.63) is 36.2 Å². The Kier molecular flexibility index (Phi) is 6.32. The van der Waals surface area contributed by atoms with E-state index < -0.39 is 6.29 Å². The number of benzene rings is 1. The van der Waals surface area contributed by atoms with Crippen LogP contribution in [0, 0.1) is 12.3 Å². The Hall–Kier alpha value is -1.59. The van der Waals surface area contributed by atoms with E-state index in [1.54, 1.807) is 24.3 Å². The normalized spacial score (nSPS) is 12.4. The molecule has 0 unspecified atom stereocenters. The Morgan fingerprint density at radius 1 is 1.37 bits per heavy atom. The molecule has 0 aliphatic rings. The van der Waals surface area contributed by atoms with Gasteiger partial charge in [0.25, 0.3) is 0 Å². The van der Waals surface area contributed by atoms with Crippen molar-refractivity contribution in [1.29, 1.82) is 0 Å². The summed E-state index contributed by atoms with van der Waals surface area (Å²) in [7, 11) is 0. The number of ether oxygens (including phenoxy) is 1. The smallest absolute Gasteiger partial charge is 0.217 e. The summed E-state index contributed by atoms with van der Waals surface area (Å²) in [6.07, 6.45) is 0.989. The lowest BCUT2D eigenvalue weighted by Gasteiger charge is -2.14. The summed E-state index contributed by atoms with van der Waals surface area (Å²) in [5.74, 6) is 0.466. The predicted molar refractivity (Wildman–Crippen MR) is 71.2 cm³/mol. The zero-order valence-corrected chi connectivity index (χ0v) is 11.0. The van der Waals surface area contributed by atoms with E-state index in [0.29, 0.717) is 24.3 Å². The number of carbonyl (C=O) groups excluding carboxylic acids is 1. The molecule has 0 aromatic heterocycles. The van der Waals surface area contributed by atoms with E-state index in [-0.39, 0.29) is 11.8 Å². The number of aliphatic hydroxyl groups is 2. The molecule has 0 aliphatic carbocycles. The second kappa shape index (κ2) is 7.76. The summed E-state index contributed by atoms with van der Waals surface area (Å²) >= 11 is 0. The SMILES string of the molecule is CC[C@@H](COc1ccc([CH]C(O)O)cc1)CC(N)=O. The number of carbonyl (C=O) groups is 1. The summed E-state index contributed by atoms with van der Waals surface area (Å²) in [5, 5.41) is 17.6. The average Bonchev–Trinajstić information content (AvgIpc) is 2.35. The van der Waals surface area contributed by atoms with Crippen molar-refractivity contribution in [2.45, 2.75) is 26.1 Å². The van der Waals surface area contributed by atoms with E-state index in [2.05, 4.69) is 0 Å².